The summed E-state index contributed by atoms with van der Waals surface area (Å²) in [6.07, 6.45) is 3.44. The minimum atomic E-state index is -4.07. The highest BCUT2D eigenvalue weighted by Gasteiger charge is 2.39. The minimum Gasteiger partial charge on any atom is -0.311 e. The van der Waals surface area contributed by atoms with Gasteiger partial charge in [-0.2, -0.15) is 0 Å². The zero-order chi connectivity index (χ0) is 25.1. The molecule has 2 fully saturated rings. The molecule has 1 saturated carbocycles. The number of halogens is 1. The number of nitrogens with zero attached hydrogens (tertiary/aromatic N) is 1. The molecule has 1 aliphatic heterocycles. The van der Waals surface area contributed by atoms with Gasteiger partial charge in [0.25, 0.3) is 15.9 Å². The van der Waals surface area contributed by atoms with Crippen LogP contribution >= 0.6 is 0 Å². The molecule has 6 nitrogen and oxygen atoms in total. The number of carbonyl (C=O) groups excluding carboxylic acids is 1. The predicted molar refractivity (Wildman–Crippen MR) is 137 cm³/mol. The van der Waals surface area contributed by atoms with Crippen molar-refractivity contribution in [1.82, 2.24) is 14.9 Å². The third-order valence-electron chi connectivity index (χ3n) is 7.03. The maximum Gasteiger partial charge on any atom is 0.264 e. The molecule has 8 heteroatoms. The van der Waals surface area contributed by atoms with Crippen molar-refractivity contribution in [2.75, 3.05) is 13.1 Å². The van der Waals surface area contributed by atoms with Crippen LogP contribution in [0.25, 0.3) is 0 Å². The van der Waals surface area contributed by atoms with Crippen molar-refractivity contribution in [3.05, 3.63) is 101 Å². The zero-order valence-electron chi connectivity index (χ0n) is 19.9. The van der Waals surface area contributed by atoms with Crippen molar-refractivity contribution in [1.29, 1.82) is 0 Å². The van der Waals surface area contributed by atoms with Gasteiger partial charge in [0.2, 0.25) is 0 Å². The fourth-order valence-corrected chi connectivity index (χ4v) is 5.86. The van der Waals surface area contributed by atoms with Crippen LogP contribution in [-0.4, -0.2) is 44.4 Å². The quantitative estimate of drug-likeness (QED) is 0.481. The number of carbonyl (C=O) groups is 1. The first kappa shape index (κ1) is 24.6. The molecule has 1 amide bonds. The Morgan fingerprint density at radius 1 is 0.917 bits per heavy atom. The zero-order valence-corrected chi connectivity index (χ0v) is 20.8. The summed E-state index contributed by atoms with van der Waals surface area (Å²) in [4.78, 5) is 14.7. The molecule has 0 radical (unpaired) electrons. The third-order valence-corrected chi connectivity index (χ3v) is 8.38. The molecule has 3 aromatic rings. The van der Waals surface area contributed by atoms with Crippen LogP contribution in [0.15, 0.2) is 83.8 Å². The lowest BCUT2D eigenvalue weighted by molar-refractivity contribution is 0.0981. The Morgan fingerprint density at radius 2 is 1.58 bits per heavy atom. The van der Waals surface area contributed by atoms with Crippen LogP contribution in [-0.2, 0) is 16.6 Å². The molecule has 36 heavy (non-hydrogen) atoms. The summed E-state index contributed by atoms with van der Waals surface area (Å²) in [5, 5.41) is 3.84. The van der Waals surface area contributed by atoms with Crippen LogP contribution < -0.4 is 10.0 Å². The number of nitrogens with one attached hydrogen (secondary N) is 2. The number of benzene rings is 3. The molecule has 1 heterocycles. The van der Waals surface area contributed by atoms with E-state index in [4.69, 9.17) is 0 Å². The van der Waals surface area contributed by atoms with Gasteiger partial charge in [-0.1, -0.05) is 42.5 Å². The smallest absolute Gasteiger partial charge is 0.264 e. The van der Waals surface area contributed by atoms with E-state index in [1.807, 2.05) is 16.9 Å². The van der Waals surface area contributed by atoms with E-state index in [9.17, 15) is 17.6 Å². The molecule has 2 aliphatic rings. The Hall–Kier alpha value is -3.07. The number of hydrogen-bond acceptors (Lipinski definition) is 5. The molecule has 2 atom stereocenters. The van der Waals surface area contributed by atoms with Crippen LogP contribution in [0.5, 0.6) is 0 Å². The summed E-state index contributed by atoms with van der Waals surface area (Å²) in [6.45, 7) is 2.82. The van der Waals surface area contributed by atoms with E-state index < -0.39 is 21.7 Å². The Morgan fingerprint density at radius 3 is 2.25 bits per heavy atom. The Kier molecular flexibility index (Phi) is 7.18. The largest absolute Gasteiger partial charge is 0.311 e. The SMILES string of the molecule is O=C(NS(=O)(=O)c1ccc(F)cc1)c1ccc(CN2CCC(NC3CC3c3ccccc3)CC2)cc1. The maximum absolute atomic E-state index is 13.1. The average Bonchev–Trinajstić information content (AvgIpc) is 3.65. The normalized spacial score (nSPS) is 20.7. The lowest BCUT2D eigenvalue weighted by atomic mass is 10.0. The van der Waals surface area contributed by atoms with Gasteiger partial charge in [0.05, 0.1) is 4.90 Å². The van der Waals surface area contributed by atoms with Gasteiger partial charge < -0.3 is 5.32 Å². The van der Waals surface area contributed by atoms with Crippen molar-refractivity contribution >= 4 is 15.9 Å². The number of amides is 1. The summed E-state index contributed by atoms with van der Waals surface area (Å²) in [7, 11) is -4.07. The predicted octanol–water partition coefficient (Wildman–Crippen LogP) is 4.05. The minimum absolute atomic E-state index is 0.163. The number of piperidine rings is 1. The first-order valence-corrected chi connectivity index (χ1v) is 13.8. The lowest BCUT2D eigenvalue weighted by Crippen LogP contribution is -2.43. The summed E-state index contributed by atoms with van der Waals surface area (Å²) in [5.74, 6) is -0.617. The van der Waals surface area contributed by atoms with Crippen molar-refractivity contribution < 1.29 is 17.6 Å². The molecular weight excluding hydrogens is 477 g/mol. The molecule has 1 aliphatic carbocycles. The van der Waals surface area contributed by atoms with Crippen molar-refractivity contribution in [3.63, 3.8) is 0 Å². The molecule has 2 N–H and O–H groups in total. The molecule has 0 bridgehead atoms. The van der Waals surface area contributed by atoms with Gasteiger partial charge in [-0.3, -0.25) is 9.69 Å². The van der Waals surface area contributed by atoms with Crippen LogP contribution in [0, 0.1) is 5.82 Å². The first-order chi connectivity index (χ1) is 17.4. The fourth-order valence-electron chi connectivity index (χ4n) is 4.88. The average molecular weight is 508 g/mol. The van der Waals surface area contributed by atoms with Gasteiger partial charge in [0.1, 0.15) is 5.82 Å². The number of rotatable bonds is 8. The van der Waals surface area contributed by atoms with Gasteiger partial charge in [-0.05, 0) is 79.9 Å². The summed E-state index contributed by atoms with van der Waals surface area (Å²) < 4.78 is 39.9. The number of likely N-dealkylation sites (tertiary alicyclic amines) is 1. The summed E-state index contributed by atoms with van der Waals surface area (Å²) >= 11 is 0. The van der Waals surface area contributed by atoms with Gasteiger partial charge in [-0.15, -0.1) is 0 Å². The van der Waals surface area contributed by atoms with E-state index in [0.29, 0.717) is 18.0 Å². The van der Waals surface area contributed by atoms with E-state index >= 15 is 0 Å². The molecule has 1 saturated heterocycles. The fraction of sp³-hybridized carbons (Fsp3) is 0.321. The molecule has 188 valence electrons. The van der Waals surface area contributed by atoms with Crippen molar-refractivity contribution in [2.45, 2.75) is 48.7 Å². The van der Waals surface area contributed by atoms with E-state index in [1.54, 1.807) is 12.1 Å². The summed E-state index contributed by atoms with van der Waals surface area (Å²) in [5.41, 5.74) is 2.76. The van der Waals surface area contributed by atoms with Crippen molar-refractivity contribution in [2.24, 2.45) is 0 Å². The van der Waals surface area contributed by atoms with Gasteiger partial charge in [-0.25, -0.2) is 17.5 Å². The molecule has 0 spiro atoms. The lowest BCUT2D eigenvalue weighted by Gasteiger charge is -2.32. The van der Waals surface area contributed by atoms with E-state index in [0.717, 1.165) is 62.3 Å². The van der Waals surface area contributed by atoms with Gasteiger partial charge >= 0.3 is 0 Å². The summed E-state index contributed by atoms with van der Waals surface area (Å²) in [6, 6.07) is 23.2. The van der Waals surface area contributed by atoms with E-state index in [1.165, 1.54) is 12.0 Å². The maximum atomic E-state index is 13.1. The second-order valence-electron chi connectivity index (χ2n) is 9.66. The Balaban J connectivity index is 1.08. The van der Waals surface area contributed by atoms with Crippen LogP contribution in [0.4, 0.5) is 4.39 Å². The van der Waals surface area contributed by atoms with Crippen molar-refractivity contribution in [3.8, 4) is 0 Å². The molecular formula is C28H30FN3O3S. The molecule has 0 aromatic heterocycles. The molecule has 3 aromatic carbocycles. The van der Waals surface area contributed by atoms with Crippen LogP contribution in [0.3, 0.4) is 0 Å². The third kappa shape index (κ3) is 6.00. The van der Waals surface area contributed by atoms with Crippen LogP contribution in [0.2, 0.25) is 0 Å². The Bertz CT molecular complexity index is 1290. The van der Waals surface area contributed by atoms with Crippen LogP contribution in [0.1, 0.15) is 46.7 Å². The number of hydrogen-bond donors (Lipinski definition) is 2. The highest BCUT2D eigenvalue weighted by molar-refractivity contribution is 7.90. The highest BCUT2D eigenvalue weighted by Crippen LogP contribution is 2.41. The molecule has 5 rings (SSSR count). The second-order valence-corrected chi connectivity index (χ2v) is 11.3. The van der Waals surface area contributed by atoms with E-state index in [2.05, 4.69) is 40.5 Å². The molecule has 2 unspecified atom stereocenters. The topological polar surface area (TPSA) is 78.5 Å². The highest BCUT2D eigenvalue weighted by atomic mass is 32.2. The standard InChI is InChI=1S/C28H30FN3O3S/c29-23-10-12-25(13-11-23)36(34,35)31-28(33)22-8-6-20(7-9-22)19-32-16-14-24(15-17-32)30-27-18-26(27)21-4-2-1-3-5-21/h1-13,24,26-27,30H,14-19H2,(H,31,33). The first-order valence-electron chi connectivity index (χ1n) is 12.3. The van der Waals surface area contributed by atoms with E-state index in [-0.39, 0.29) is 10.5 Å². The Labute approximate surface area is 211 Å². The van der Waals surface area contributed by atoms with Gasteiger partial charge in [0.15, 0.2) is 0 Å². The number of sulfonamides is 1. The second kappa shape index (κ2) is 10.5. The monoisotopic (exact) mass is 507 g/mol. The van der Waals surface area contributed by atoms with Gasteiger partial charge in [0, 0.05) is 30.1 Å².